The normalized spacial score (nSPS) is 10.2. The number of ether oxygens (including phenoxy) is 2. The maximum Gasteiger partial charge on any atom is 0.172 e. The molecule has 104 valence electrons. The second kappa shape index (κ2) is 6.14. The summed E-state index contributed by atoms with van der Waals surface area (Å²) in [6.07, 6.45) is 0.629. The third-order valence-corrected chi connectivity index (χ3v) is 2.66. The van der Waals surface area contributed by atoms with Crippen molar-refractivity contribution < 1.29 is 23.0 Å². The molecule has 0 N–H and O–H groups in total. The zero-order chi connectivity index (χ0) is 14.5. The lowest BCUT2D eigenvalue weighted by molar-refractivity contribution is 0.111. The zero-order valence-corrected chi connectivity index (χ0v) is 10.7. The van der Waals surface area contributed by atoms with Crippen LogP contribution in [0.25, 0.3) is 0 Å². The maximum absolute atomic E-state index is 13.1. The Bertz CT molecular complexity index is 606. The number of methoxy groups -OCH3 is 1. The highest BCUT2D eigenvalue weighted by molar-refractivity contribution is 5.81. The molecule has 3 nitrogen and oxygen atoms in total. The van der Waals surface area contributed by atoms with E-state index in [4.69, 9.17) is 9.47 Å². The third kappa shape index (κ3) is 3.12. The molecule has 0 saturated heterocycles. The molecule has 0 aliphatic rings. The van der Waals surface area contributed by atoms with Crippen LogP contribution in [-0.2, 0) is 6.61 Å². The first kappa shape index (κ1) is 14.0. The number of benzene rings is 2. The molecule has 0 atom stereocenters. The molecule has 0 spiro atoms. The minimum atomic E-state index is -0.681. The van der Waals surface area contributed by atoms with E-state index in [9.17, 15) is 13.6 Å². The minimum Gasteiger partial charge on any atom is -0.493 e. The minimum absolute atomic E-state index is 0.0735. The number of aldehydes is 1. The van der Waals surface area contributed by atoms with E-state index in [0.717, 1.165) is 6.07 Å². The average Bonchev–Trinajstić information content (AvgIpc) is 2.43. The van der Waals surface area contributed by atoms with Crippen LogP contribution in [0.2, 0.25) is 0 Å². The summed E-state index contributed by atoms with van der Waals surface area (Å²) in [5.74, 6) is -0.736. The number of carbonyl (C=O) groups excluding carboxylic acids is 1. The Labute approximate surface area is 114 Å². The Hall–Kier alpha value is -2.43. The van der Waals surface area contributed by atoms with E-state index in [-0.39, 0.29) is 12.4 Å². The lowest BCUT2D eigenvalue weighted by Crippen LogP contribution is -2.01. The standard InChI is InChI=1S/C15H12F2O3/c1-19-14-4-2-3-11(8-18)15(14)20-9-10-5-12(16)7-13(17)6-10/h2-8H,9H2,1H3. The molecule has 2 aromatic rings. The van der Waals surface area contributed by atoms with Gasteiger partial charge in [0.1, 0.15) is 18.2 Å². The number of carbonyl (C=O) groups is 1. The molecule has 0 unspecified atom stereocenters. The summed E-state index contributed by atoms with van der Waals surface area (Å²) < 4.78 is 36.7. The van der Waals surface area contributed by atoms with Gasteiger partial charge in [0.05, 0.1) is 12.7 Å². The zero-order valence-electron chi connectivity index (χ0n) is 10.7. The van der Waals surface area contributed by atoms with E-state index in [2.05, 4.69) is 0 Å². The van der Waals surface area contributed by atoms with Crippen molar-refractivity contribution in [2.45, 2.75) is 6.61 Å². The largest absolute Gasteiger partial charge is 0.493 e. The van der Waals surface area contributed by atoms with Crippen molar-refractivity contribution in [3.05, 3.63) is 59.2 Å². The van der Waals surface area contributed by atoms with Gasteiger partial charge in [0.2, 0.25) is 0 Å². The summed E-state index contributed by atoms with van der Waals surface area (Å²) in [6.45, 7) is -0.0735. The molecule has 0 aliphatic heterocycles. The van der Waals surface area contributed by atoms with Crippen LogP contribution < -0.4 is 9.47 Å². The second-order valence-corrected chi connectivity index (χ2v) is 4.06. The molecule has 0 heterocycles. The van der Waals surface area contributed by atoms with Crippen LogP contribution in [0, 0.1) is 11.6 Å². The van der Waals surface area contributed by atoms with Gasteiger partial charge in [-0.3, -0.25) is 4.79 Å². The Kier molecular flexibility index (Phi) is 4.30. The van der Waals surface area contributed by atoms with Gasteiger partial charge < -0.3 is 9.47 Å². The number of halogens is 2. The molecule has 2 rings (SSSR count). The Balaban J connectivity index is 2.24. The van der Waals surface area contributed by atoms with Crippen LogP contribution >= 0.6 is 0 Å². The Morgan fingerprint density at radius 3 is 2.45 bits per heavy atom. The lowest BCUT2D eigenvalue weighted by Gasteiger charge is -2.12. The molecule has 0 fully saturated rings. The fourth-order valence-electron chi connectivity index (χ4n) is 1.79. The van der Waals surface area contributed by atoms with E-state index < -0.39 is 11.6 Å². The van der Waals surface area contributed by atoms with Crippen molar-refractivity contribution in [1.82, 2.24) is 0 Å². The molecular formula is C15H12F2O3. The SMILES string of the molecule is COc1cccc(C=O)c1OCc1cc(F)cc(F)c1. The summed E-state index contributed by atoms with van der Waals surface area (Å²) >= 11 is 0. The van der Waals surface area contributed by atoms with Gasteiger partial charge in [0.25, 0.3) is 0 Å². The van der Waals surface area contributed by atoms with Crippen molar-refractivity contribution in [2.75, 3.05) is 7.11 Å². The molecule has 0 bridgehead atoms. The molecule has 0 amide bonds. The summed E-state index contributed by atoms with van der Waals surface area (Å²) in [6, 6.07) is 7.96. The van der Waals surface area contributed by atoms with E-state index in [1.54, 1.807) is 18.2 Å². The highest BCUT2D eigenvalue weighted by Gasteiger charge is 2.10. The Morgan fingerprint density at radius 1 is 1.15 bits per heavy atom. The first-order valence-electron chi connectivity index (χ1n) is 5.84. The maximum atomic E-state index is 13.1. The lowest BCUT2D eigenvalue weighted by atomic mass is 10.2. The summed E-state index contributed by atoms with van der Waals surface area (Å²) in [5, 5.41) is 0. The Morgan fingerprint density at radius 2 is 1.85 bits per heavy atom. The van der Waals surface area contributed by atoms with Crippen LogP contribution in [0.1, 0.15) is 15.9 Å². The predicted molar refractivity (Wildman–Crippen MR) is 69.1 cm³/mol. The van der Waals surface area contributed by atoms with Gasteiger partial charge in [-0.1, -0.05) is 6.07 Å². The number of hydrogen-bond donors (Lipinski definition) is 0. The van der Waals surface area contributed by atoms with Crippen molar-refractivity contribution in [1.29, 1.82) is 0 Å². The monoisotopic (exact) mass is 278 g/mol. The molecule has 20 heavy (non-hydrogen) atoms. The quantitative estimate of drug-likeness (QED) is 0.787. The average molecular weight is 278 g/mol. The van der Waals surface area contributed by atoms with Gasteiger partial charge in [0, 0.05) is 6.07 Å². The van der Waals surface area contributed by atoms with Crippen LogP contribution in [0.4, 0.5) is 8.78 Å². The number of para-hydroxylation sites is 1. The van der Waals surface area contributed by atoms with Crippen molar-refractivity contribution in [2.24, 2.45) is 0 Å². The van der Waals surface area contributed by atoms with E-state index in [0.29, 0.717) is 23.2 Å². The highest BCUT2D eigenvalue weighted by Crippen LogP contribution is 2.30. The molecule has 0 aromatic heterocycles. The first-order valence-corrected chi connectivity index (χ1v) is 5.84. The number of rotatable bonds is 5. The van der Waals surface area contributed by atoms with Crippen LogP contribution in [0.3, 0.4) is 0 Å². The van der Waals surface area contributed by atoms with Gasteiger partial charge in [-0.2, -0.15) is 0 Å². The van der Waals surface area contributed by atoms with Gasteiger partial charge in [-0.25, -0.2) is 8.78 Å². The van der Waals surface area contributed by atoms with Crippen molar-refractivity contribution in [3.8, 4) is 11.5 Å². The van der Waals surface area contributed by atoms with E-state index in [1.807, 2.05) is 0 Å². The van der Waals surface area contributed by atoms with Crippen molar-refractivity contribution >= 4 is 6.29 Å². The van der Waals surface area contributed by atoms with E-state index >= 15 is 0 Å². The molecule has 0 aliphatic carbocycles. The topological polar surface area (TPSA) is 35.5 Å². The van der Waals surface area contributed by atoms with Gasteiger partial charge in [-0.15, -0.1) is 0 Å². The summed E-state index contributed by atoms with van der Waals surface area (Å²) in [4.78, 5) is 11.0. The van der Waals surface area contributed by atoms with Crippen LogP contribution in [0.5, 0.6) is 11.5 Å². The molecule has 2 aromatic carbocycles. The number of hydrogen-bond acceptors (Lipinski definition) is 3. The van der Waals surface area contributed by atoms with Gasteiger partial charge in [-0.05, 0) is 29.8 Å². The van der Waals surface area contributed by atoms with Crippen LogP contribution in [0.15, 0.2) is 36.4 Å². The van der Waals surface area contributed by atoms with Crippen molar-refractivity contribution in [3.63, 3.8) is 0 Å². The van der Waals surface area contributed by atoms with Crippen LogP contribution in [-0.4, -0.2) is 13.4 Å². The predicted octanol–water partition coefficient (Wildman–Crippen LogP) is 3.36. The van der Waals surface area contributed by atoms with E-state index in [1.165, 1.54) is 19.2 Å². The van der Waals surface area contributed by atoms with Gasteiger partial charge in [0.15, 0.2) is 17.8 Å². The summed E-state index contributed by atoms with van der Waals surface area (Å²) in [7, 11) is 1.44. The molecule has 5 heteroatoms. The fourth-order valence-corrected chi connectivity index (χ4v) is 1.79. The fraction of sp³-hybridized carbons (Fsp3) is 0.133. The van der Waals surface area contributed by atoms with Gasteiger partial charge >= 0.3 is 0 Å². The summed E-state index contributed by atoms with van der Waals surface area (Å²) in [5.41, 5.74) is 0.631. The smallest absolute Gasteiger partial charge is 0.172 e. The molecule has 0 saturated carbocycles. The second-order valence-electron chi connectivity index (χ2n) is 4.06. The molecule has 0 radical (unpaired) electrons. The molecular weight excluding hydrogens is 266 g/mol. The first-order chi connectivity index (χ1) is 9.63. The highest BCUT2D eigenvalue weighted by atomic mass is 19.1. The third-order valence-electron chi connectivity index (χ3n) is 2.66.